The van der Waals surface area contributed by atoms with Crippen LogP contribution in [0.15, 0.2) is 11.6 Å². The molecule has 0 aromatic heterocycles. The van der Waals surface area contributed by atoms with E-state index in [0.717, 1.165) is 43.4 Å². The monoisotopic (exact) mass is 486 g/mol. The Labute approximate surface area is 217 Å². The zero-order valence-electron chi connectivity index (χ0n) is 24.2. The van der Waals surface area contributed by atoms with E-state index in [1.165, 1.54) is 56.9 Å². The lowest BCUT2D eigenvalue weighted by Crippen LogP contribution is -2.47. The van der Waals surface area contributed by atoms with Gasteiger partial charge in [-0.3, -0.25) is 0 Å². The Bertz CT molecular complexity index is 731. The summed E-state index contributed by atoms with van der Waals surface area (Å²) in [7, 11) is 0. The number of rotatable bonds is 5. The number of aliphatic hydroxyl groups excluding tert-OH is 2. The summed E-state index contributed by atoms with van der Waals surface area (Å²) < 4.78 is 0. The topological polar surface area (TPSA) is 40.5 Å². The van der Waals surface area contributed by atoms with Gasteiger partial charge in [0.05, 0.1) is 12.2 Å². The molecule has 4 aliphatic carbocycles. The number of aliphatic hydroxyl groups is 2. The molecule has 0 amide bonds. The first-order valence-corrected chi connectivity index (χ1v) is 15.4. The highest BCUT2D eigenvalue weighted by atomic mass is 16.3. The summed E-state index contributed by atoms with van der Waals surface area (Å²) in [6.07, 6.45) is 16.8. The molecule has 0 aliphatic heterocycles. The third kappa shape index (κ3) is 5.89. The van der Waals surface area contributed by atoms with Crippen LogP contribution in [-0.2, 0) is 0 Å². The van der Waals surface area contributed by atoms with Gasteiger partial charge in [-0.15, -0.1) is 0 Å². The van der Waals surface area contributed by atoms with Gasteiger partial charge < -0.3 is 10.2 Å². The van der Waals surface area contributed by atoms with E-state index in [0.29, 0.717) is 29.6 Å². The standard InChI is InChI=1S/C33H58O2/c1-21(2)9-8-10-27(24-12-13-24)28-16-18-33(7)23(4)25-15-17-32(5,6)30(35)14-11-22(3)26(19-25)20-29(34)31(28)33/h9,22-31,34-35H,8,10-20H2,1-7H3/t22-,23?,25?,26?,27?,28?,29+,30?,31?,33-/m0/s1. The predicted molar refractivity (Wildman–Crippen MR) is 148 cm³/mol. The van der Waals surface area contributed by atoms with Gasteiger partial charge in [0.15, 0.2) is 0 Å². The summed E-state index contributed by atoms with van der Waals surface area (Å²) in [5, 5.41) is 23.0. The highest BCUT2D eigenvalue weighted by molar-refractivity contribution is 5.07. The largest absolute Gasteiger partial charge is 0.393 e. The van der Waals surface area contributed by atoms with Crippen LogP contribution in [0.25, 0.3) is 0 Å². The molecular weight excluding hydrogens is 428 g/mol. The Morgan fingerprint density at radius 1 is 0.886 bits per heavy atom. The minimum absolute atomic E-state index is 0.00860. The molecule has 0 radical (unpaired) electrons. The zero-order chi connectivity index (χ0) is 25.5. The van der Waals surface area contributed by atoms with Gasteiger partial charge >= 0.3 is 0 Å². The lowest BCUT2D eigenvalue weighted by molar-refractivity contribution is -0.0761. The third-order valence-electron chi connectivity index (χ3n) is 12.1. The summed E-state index contributed by atoms with van der Waals surface area (Å²) in [5.41, 5.74) is 1.71. The first-order valence-electron chi connectivity index (χ1n) is 15.4. The molecule has 0 aromatic carbocycles. The Morgan fingerprint density at radius 2 is 1.60 bits per heavy atom. The number of fused-ring (bicyclic) bond motifs is 3. The molecule has 4 aliphatic rings. The van der Waals surface area contributed by atoms with Gasteiger partial charge in [-0.1, -0.05) is 46.3 Å². The fourth-order valence-electron chi connectivity index (χ4n) is 9.23. The van der Waals surface area contributed by atoms with Crippen molar-refractivity contribution in [2.75, 3.05) is 0 Å². The highest BCUT2D eigenvalue weighted by Crippen LogP contribution is 2.63. The summed E-state index contributed by atoms with van der Waals surface area (Å²) in [5.74, 6) is 5.44. The van der Waals surface area contributed by atoms with Crippen molar-refractivity contribution in [3.8, 4) is 0 Å². The van der Waals surface area contributed by atoms with E-state index >= 15 is 0 Å². The maximum absolute atomic E-state index is 12.0. The molecule has 2 nitrogen and oxygen atoms in total. The van der Waals surface area contributed by atoms with Crippen LogP contribution in [0.4, 0.5) is 0 Å². The molecule has 0 heterocycles. The van der Waals surface area contributed by atoms with Gasteiger partial charge in [-0.25, -0.2) is 0 Å². The number of allylic oxidation sites excluding steroid dienone is 2. The molecule has 7 unspecified atom stereocenters. The fraction of sp³-hybridized carbons (Fsp3) is 0.939. The van der Waals surface area contributed by atoms with Crippen LogP contribution in [0.5, 0.6) is 0 Å². The number of hydrogen-bond donors (Lipinski definition) is 2. The highest BCUT2D eigenvalue weighted by Gasteiger charge is 2.57. The molecule has 4 saturated carbocycles. The molecule has 4 fully saturated rings. The van der Waals surface area contributed by atoms with Crippen molar-refractivity contribution in [2.24, 2.45) is 58.2 Å². The van der Waals surface area contributed by atoms with Crippen molar-refractivity contribution in [3.63, 3.8) is 0 Å². The van der Waals surface area contributed by atoms with Gasteiger partial charge in [-0.2, -0.15) is 0 Å². The van der Waals surface area contributed by atoms with Crippen molar-refractivity contribution in [1.29, 1.82) is 0 Å². The molecule has 0 saturated heterocycles. The first-order chi connectivity index (χ1) is 16.4. The SMILES string of the molecule is CC(C)=CCCC(C1CC1)C1CC[C@@]2(C)C(C)C3CCC(C)(C)C(O)CC[C@H](C)C(C3)C[C@@H](O)C12. The lowest BCUT2D eigenvalue weighted by Gasteiger charge is -2.51. The van der Waals surface area contributed by atoms with E-state index in [1.807, 2.05) is 0 Å². The van der Waals surface area contributed by atoms with Crippen LogP contribution in [0, 0.1) is 58.2 Å². The Hall–Kier alpha value is -0.340. The van der Waals surface area contributed by atoms with Crippen LogP contribution >= 0.6 is 0 Å². The van der Waals surface area contributed by atoms with Crippen LogP contribution in [0.2, 0.25) is 0 Å². The van der Waals surface area contributed by atoms with Crippen molar-refractivity contribution in [1.82, 2.24) is 0 Å². The van der Waals surface area contributed by atoms with Crippen LogP contribution in [0.1, 0.15) is 126 Å². The van der Waals surface area contributed by atoms with Crippen LogP contribution in [-0.4, -0.2) is 22.4 Å². The maximum Gasteiger partial charge on any atom is 0.0591 e. The summed E-state index contributed by atoms with van der Waals surface area (Å²) in [6, 6.07) is 0. The van der Waals surface area contributed by atoms with Crippen LogP contribution < -0.4 is 0 Å². The van der Waals surface area contributed by atoms with Crippen molar-refractivity contribution in [3.05, 3.63) is 11.6 Å². The van der Waals surface area contributed by atoms with Crippen molar-refractivity contribution in [2.45, 2.75) is 138 Å². The Morgan fingerprint density at radius 3 is 2.26 bits per heavy atom. The second kappa shape index (κ2) is 10.8. The van der Waals surface area contributed by atoms with Crippen LogP contribution in [0.3, 0.4) is 0 Å². The molecular formula is C33H58O2. The average Bonchev–Trinajstić information content (AvgIpc) is 3.57. The lowest BCUT2D eigenvalue weighted by atomic mass is 9.55. The molecule has 10 atom stereocenters. The minimum atomic E-state index is -0.202. The zero-order valence-corrected chi connectivity index (χ0v) is 24.2. The minimum Gasteiger partial charge on any atom is -0.393 e. The van der Waals surface area contributed by atoms with Gasteiger partial charge in [0.25, 0.3) is 0 Å². The first kappa shape index (κ1) is 27.7. The van der Waals surface area contributed by atoms with Gasteiger partial charge in [0, 0.05) is 0 Å². The van der Waals surface area contributed by atoms with Gasteiger partial charge in [-0.05, 0) is 149 Å². The molecule has 4 rings (SSSR count). The summed E-state index contributed by atoms with van der Waals surface area (Å²) in [4.78, 5) is 0. The van der Waals surface area contributed by atoms with E-state index in [2.05, 4.69) is 54.5 Å². The smallest absolute Gasteiger partial charge is 0.0591 e. The third-order valence-corrected chi connectivity index (χ3v) is 12.1. The van der Waals surface area contributed by atoms with Crippen molar-refractivity contribution < 1.29 is 10.2 Å². The molecule has 35 heavy (non-hydrogen) atoms. The fourth-order valence-corrected chi connectivity index (χ4v) is 9.23. The van der Waals surface area contributed by atoms with E-state index in [-0.39, 0.29) is 23.0 Å². The van der Waals surface area contributed by atoms with E-state index in [4.69, 9.17) is 0 Å². The van der Waals surface area contributed by atoms with Crippen molar-refractivity contribution >= 4 is 0 Å². The van der Waals surface area contributed by atoms with Gasteiger partial charge in [0.1, 0.15) is 0 Å². The van der Waals surface area contributed by atoms with Gasteiger partial charge in [0.2, 0.25) is 0 Å². The molecule has 2 N–H and O–H groups in total. The molecule has 2 bridgehead atoms. The summed E-state index contributed by atoms with van der Waals surface area (Å²) in [6.45, 7) is 16.6. The normalized spacial score (nSPS) is 45.1. The van der Waals surface area contributed by atoms with E-state index in [1.54, 1.807) is 0 Å². The van der Waals surface area contributed by atoms with E-state index in [9.17, 15) is 10.2 Å². The summed E-state index contributed by atoms with van der Waals surface area (Å²) >= 11 is 0. The molecule has 2 heteroatoms. The molecule has 0 spiro atoms. The second-order valence-corrected chi connectivity index (χ2v) is 15.0. The second-order valence-electron chi connectivity index (χ2n) is 15.0. The average molecular weight is 487 g/mol. The molecule has 202 valence electrons. The quantitative estimate of drug-likeness (QED) is 0.383. The van der Waals surface area contributed by atoms with E-state index < -0.39 is 0 Å². The molecule has 0 aromatic rings. The number of hydrogen-bond acceptors (Lipinski definition) is 2. The maximum atomic E-state index is 12.0. The Balaban J connectivity index is 1.63. The predicted octanol–water partition coefficient (Wildman–Crippen LogP) is 8.41. The Kier molecular flexibility index (Phi) is 8.54.